The molecule has 0 saturated carbocycles. The molecule has 26 heavy (non-hydrogen) atoms. The molecule has 1 aromatic heterocycles. The molecule has 3 nitrogen and oxygen atoms in total. The van der Waals surface area contributed by atoms with Crippen LogP contribution in [0.2, 0.25) is 0 Å². The molecule has 0 fully saturated rings. The molecule has 0 aliphatic rings. The van der Waals surface area contributed by atoms with Gasteiger partial charge < -0.3 is 5.11 Å². The van der Waals surface area contributed by atoms with Gasteiger partial charge >= 0.3 is 0 Å². The predicted octanol–water partition coefficient (Wildman–Crippen LogP) is 6.02. The maximum Gasteiger partial charge on any atom is 0.125 e. The number of aromatic hydroxyl groups is 1. The molecule has 4 aromatic rings. The number of halogens is 2. The molecular weight excluding hydrogens is 395 g/mol. The maximum absolute atomic E-state index is 13.4. The van der Waals surface area contributed by atoms with Gasteiger partial charge in [0.05, 0.1) is 11.4 Å². The van der Waals surface area contributed by atoms with Crippen LogP contribution in [0.25, 0.3) is 33.6 Å². The molecular formula is C21H14BrFN2O. The van der Waals surface area contributed by atoms with E-state index in [1.807, 2.05) is 36.4 Å². The van der Waals surface area contributed by atoms with E-state index in [1.54, 1.807) is 6.07 Å². The van der Waals surface area contributed by atoms with E-state index >= 15 is 0 Å². The van der Waals surface area contributed by atoms with Crippen molar-refractivity contribution in [1.29, 1.82) is 0 Å². The van der Waals surface area contributed by atoms with Crippen LogP contribution >= 0.6 is 15.9 Å². The van der Waals surface area contributed by atoms with Crippen LogP contribution in [0.4, 0.5) is 4.39 Å². The Morgan fingerprint density at radius 1 is 0.846 bits per heavy atom. The lowest BCUT2D eigenvalue weighted by atomic mass is 10.0. The van der Waals surface area contributed by atoms with Crippen LogP contribution in [0.1, 0.15) is 0 Å². The first-order valence-electron chi connectivity index (χ1n) is 8.01. The van der Waals surface area contributed by atoms with E-state index in [-0.39, 0.29) is 5.75 Å². The summed E-state index contributed by atoms with van der Waals surface area (Å²) in [4.78, 5) is 0. The molecule has 0 radical (unpaired) electrons. The van der Waals surface area contributed by atoms with Crippen LogP contribution in [-0.2, 0) is 0 Å². The van der Waals surface area contributed by atoms with Crippen molar-refractivity contribution in [2.24, 2.45) is 0 Å². The second kappa shape index (κ2) is 6.77. The Hall–Kier alpha value is -2.92. The van der Waals surface area contributed by atoms with Gasteiger partial charge in [-0.3, -0.25) is 5.10 Å². The SMILES string of the molecule is Oc1ccc(F)cc1-c1cc(-c2ccc(-c3cccc(Br)c3)cc2)n[nH]1. The van der Waals surface area contributed by atoms with Crippen molar-refractivity contribution in [2.45, 2.75) is 0 Å². The van der Waals surface area contributed by atoms with Gasteiger partial charge in [-0.15, -0.1) is 0 Å². The van der Waals surface area contributed by atoms with Crippen LogP contribution in [0.5, 0.6) is 5.75 Å². The van der Waals surface area contributed by atoms with Crippen molar-refractivity contribution < 1.29 is 9.50 Å². The number of aromatic amines is 1. The zero-order chi connectivity index (χ0) is 18.1. The summed E-state index contributed by atoms with van der Waals surface area (Å²) in [6, 6.07) is 21.8. The Kier molecular flexibility index (Phi) is 4.31. The average molecular weight is 409 g/mol. The number of rotatable bonds is 3. The standard InChI is InChI=1S/C21H14BrFN2O/c22-16-3-1-2-15(10-16)13-4-6-14(7-5-13)19-12-20(25-24-19)18-11-17(23)8-9-21(18)26/h1-12,26H,(H,24,25). The van der Waals surface area contributed by atoms with Crippen molar-refractivity contribution >= 4 is 15.9 Å². The van der Waals surface area contributed by atoms with Gasteiger partial charge in [0, 0.05) is 15.6 Å². The van der Waals surface area contributed by atoms with Crippen molar-refractivity contribution in [2.75, 3.05) is 0 Å². The number of H-pyrrole nitrogens is 1. The number of phenols is 1. The number of phenolic OH excluding ortho intramolecular Hbond substituents is 1. The van der Waals surface area contributed by atoms with Crippen LogP contribution in [0.15, 0.2) is 77.3 Å². The van der Waals surface area contributed by atoms with Crippen LogP contribution in [-0.4, -0.2) is 15.3 Å². The number of nitrogens with one attached hydrogen (secondary N) is 1. The van der Waals surface area contributed by atoms with Crippen molar-refractivity contribution in [3.05, 3.63) is 83.1 Å². The fraction of sp³-hybridized carbons (Fsp3) is 0. The number of nitrogens with zero attached hydrogens (tertiary/aromatic N) is 1. The summed E-state index contributed by atoms with van der Waals surface area (Å²) in [7, 11) is 0. The third-order valence-corrected chi connectivity index (χ3v) is 4.66. The molecule has 0 unspecified atom stereocenters. The zero-order valence-electron chi connectivity index (χ0n) is 13.6. The molecule has 0 aliphatic carbocycles. The van der Waals surface area contributed by atoms with E-state index in [9.17, 15) is 9.50 Å². The van der Waals surface area contributed by atoms with Crippen LogP contribution in [0, 0.1) is 5.82 Å². The molecule has 2 N–H and O–H groups in total. The fourth-order valence-electron chi connectivity index (χ4n) is 2.83. The van der Waals surface area contributed by atoms with Gasteiger partial charge in [-0.1, -0.05) is 52.3 Å². The van der Waals surface area contributed by atoms with E-state index in [0.717, 1.165) is 26.9 Å². The Balaban J connectivity index is 1.65. The summed E-state index contributed by atoms with van der Waals surface area (Å²) < 4.78 is 14.5. The Bertz CT molecular complexity index is 1070. The van der Waals surface area contributed by atoms with E-state index in [4.69, 9.17) is 0 Å². The second-order valence-electron chi connectivity index (χ2n) is 5.92. The van der Waals surface area contributed by atoms with Gasteiger partial charge in [0.2, 0.25) is 0 Å². The minimum absolute atomic E-state index is 0.00611. The first-order valence-corrected chi connectivity index (χ1v) is 8.80. The third-order valence-electron chi connectivity index (χ3n) is 4.17. The molecule has 4 rings (SSSR count). The maximum atomic E-state index is 13.4. The van der Waals surface area contributed by atoms with Crippen molar-refractivity contribution in [1.82, 2.24) is 10.2 Å². The summed E-state index contributed by atoms with van der Waals surface area (Å²) >= 11 is 3.49. The highest BCUT2D eigenvalue weighted by Crippen LogP contribution is 2.31. The minimum Gasteiger partial charge on any atom is -0.507 e. The largest absolute Gasteiger partial charge is 0.507 e. The van der Waals surface area contributed by atoms with Crippen LogP contribution < -0.4 is 0 Å². The molecule has 0 spiro atoms. The molecule has 0 bridgehead atoms. The Labute approximate surface area is 158 Å². The van der Waals surface area contributed by atoms with E-state index in [1.165, 1.54) is 18.2 Å². The van der Waals surface area contributed by atoms with E-state index < -0.39 is 5.82 Å². The Morgan fingerprint density at radius 2 is 1.62 bits per heavy atom. The van der Waals surface area contributed by atoms with Crippen molar-refractivity contribution in [3.8, 4) is 39.4 Å². The third kappa shape index (κ3) is 3.26. The van der Waals surface area contributed by atoms with Gasteiger partial charge in [-0.05, 0) is 47.5 Å². The lowest BCUT2D eigenvalue weighted by Gasteiger charge is -2.03. The number of hydrogen-bond acceptors (Lipinski definition) is 2. The molecule has 0 saturated heterocycles. The molecule has 5 heteroatoms. The predicted molar refractivity (Wildman–Crippen MR) is 104 cm³/mol. The second-order valence-corrected chi connectivity index (χ2v) is 6.83. The minimum atomic E-state index is -0.410. The van der Waals surface area contributed by atoms with Gasteiger partial charge in [0.15, 0.2) is 0 Å². The summed E-state index contributed by atoms with van der Waals surface area (Å²) in [5, 5.41) is 17.1. The molecule has 0 amide bonds. The highest BCUT2D eigenvalue weighted by atomic mass is 79.9. The summed E-state index contributed by atoms with van der Waals surface area (Å²) in [5.74, 6) is -0.404. The lowest BCUT2D eigenvalue weighted by molar-refractivity contribution is 0.475. The highest BCUT2D eigenvalue weighted by molar-refractivity contribution is 9.10. The molecule has 3 aromatic carbocycles. The number of benzene rings is 3. The quantitative estimate of drug-likeness (QED) is 0.435. The van der Waals surface area contributed by atoms with Gasteiger partial charge in [0.25, 0.3) is 0 Å². The molecule has 1 heterocycles. The first-order chi connectivity index (χ1) is 12.6. The van der Waals surface area contributed by atoms with Gasteiger partial charge in [0.1, 0.15) is 11.6 Å². The van der Waals surface area contributed by atoms with Gasteiger partial charge in [-0.2, -0.15) is 5.10 Å². The number of hydrogen-bond donors (Lipinski definition) is 2. The summed E-state index contributed by atoms with van der Waals surface area (Å²) in [5.41, 5.74) is 4.83. The lowest BCUT2D eigenvalue weighted by Crippen LogP contribution is -1.81. The van der Waals surface area contributed by atoms with Crippen LogP contribution in [0.3, 0.4) is 0 Å². The Morgan fingerprint density at radius 3 is 2.38 bits per heavy atom. The summed E-state index contributed by atoms with van der Waals surface area (Å²) in [6.07, 6.45) is 0. The van der Waals surface area contributed by atoms with E-state index in [2.05, 4.69) is 38.3 Å². The molecule has 0 aliphatic heterocycles. The highest BCUT2D eigenvalue weighted by Gasteiger charge is 2.11. The number of aromatic nitrogens is 2. The normalized spacial score (nSPS) is 10.8. The summed E-state index contributed by atoms with van der Waals surface area (Å²) in [6.45, 7) is 0. The van der Waals surface area contributed by atoms with E-state index in [0.29, 0.717) is 11.3 Å². The average Bonchev–Trinajstić information content (AvgIpc) is 3.14. The monoisotopic (exact) mass is 408 g/mol. The zero-order valence-corrected chi connectivity index (χ0v) is 15.2. The first kappa shape index (κ1) is 16.5. The topological polar surface area (TPSA) is 48.9 Å². The van der Waals surface area contributed by atoms with Gasteiger partial charge in [-0.25, -0.2) is 4.39 Å². The molecule has 0 atom stereocenters. The smallest absolute Gasteiger partial charge is 0.125 e. The van der Waals surface area contributed by atoms with Crippen molar-refractivity contribution in [3.63, 3.8) is 0 Å². The fourth-order valence-corrected chi connectivity index (χ4v) is 3.23. The molecule has 128 valence electrons.